The Labute approximate surface area is 122 Å². The largest absolute Gasteiger partial charge is 0.464 e. The summed E-state index contributed by atoms with van der Waals surface area (Å²) in [7, 11) is 0. The molecule has 106 valence electrons. The predicted molar refractivity (Wildman–Crippen MR) is 81.0 cm³/mol. The summed E-state index contributed by atoms with van der Waals surface area (Å²) >= 11 is 1.46. The third-order valence-corrected chi connectivity index (χ3v) is 4.01. The fourth-order valence-electron chi connectivity index (χ4n) is 1.94. The van der Waals surface area contributed by atoms with Crippen LogP contribution < -0.4 is 5.32 Å². The molecule has 2 aromatic rings. The molecule has 20 heavy (non-hydrogen) atoms. The Morgan fingerprint density at radius 2 is 2.15 bits per heavy atom. The number of anilines is 1. The number of rotatable bonds is 5. The predicted octanol–water partition coefficient (Wildman–Crippen LogP) is 3.48. The van der Waals surface area contributed by atoms with E-state index in [9.17, 15) is 4.79 Å². The van der Waals surface area contributed by atoms with Crippen molar-refractivity contribution in [3.63, 3.8) is 0 Å². The minimum atomic E-state index is -0.511. The molecule has 5 heteroatoms. The summed E-state index contributed by atoms with van der Waals surface area (Å²) in [5.41, 5.74) is 4.62. The van der Waals surface area contributed by atoms with E-state index in [1.54, 1.807) is 5.51 Å². The number of aromatic nitrogens is 1. The van der Waals surface area contributed by atoms with Crippen LogP contribution in [0.1, 0.15) is 29.1 Å². The first-order valence-corrected chi connectivity index (χ1v) is 7.40. The summed E-state index contributed by atoms with van der Waals surface area (Å²) in [6.07, 6.45) is 0. The monoisotopic (exact) mass is 290 g/mol. The summed E-state index contributed by atoms with van der Waals surface area (Å²) in [4.78, 5) is 17.3. The Kier molecular flexibility index (Phi) is 4.74. The van der Waals surface area contributed by atoms with Crippen molar-refractivity contribution >= 4 is 23.0 Å². The molecule has 0 radical (unpaired) electrons. The lowest BCUT2D eigenvalue weighted by atomic mass is 10.1. The number of hydrogen-bond acceptors (Lipinski definition) is 5. The van der Waals surface area contributed by atoms with E-state index in [0.717, 1.165) is 21.8 Å². The highest BCUT2D eigenvalue weighted by molar-refractivity contribution is 7.10. The van der Waals surface area contributed by atoms with E-state index in [2.05, 4.69) is 10.3 Å². The van der Waals surface area contributed by atoms with Gasteiger partial charge in [0.25, 0.3) is 0 Å². The minimum Gasteiger partial charge on any atom is -0.464 e. The van der Waals surface area contributed by atoms with Gasteiger partial charge >= 0.3 is 5.97 Å². The molecule has 0 fully saturated rings. The molecule has 1 aromatic heterocycles. The maximum Gasteiger partial charge on any atom is 0.334 e. The van der Waals surface area contributed by atoms with Crippen molar-refractivity contribution in [1.29, 1.82) is 0 Å². The van der Waals surface area contributed by atoms with Crippen LogP contribution in [-0.2, 0) is 9.53 Å². The fourth-order valence-corrected chi connectivity index (χ4v) is 2.77. The van der Waals surface area contributed by atoms with Crippen molar-refractivity contribution in [2.45, 2.75) is 26.8 Å². The van der Waals surface area contributed by atoms with Crippen LogP contribution in [0.25, 0.3) is 0 Å². The number of carbonyl (C=O) groups is 1. The third-order valence-electron chi connectivity index (χ3n) is 3.01. The Morgan fingerprint density at radius 1 is 1.40 bits per heavy atom. The van der Waals surface area contributed by atoms with Gasteiger partial charge in [0, 0.05) is 5.69 Å². The molecule has 1 unspecified atom stereocenters. The number of hydrogen-bond donors (Lipinski definition) is 1. The molecule has 0 aliphatic rings. The lowest BCUT2D eigenvalue weighted by Crippen LogP contribution is -2.23. The van der Waals surface area contributed by atoms with Crippen LogP contribution >= 0.6 is 11.3 Å². The highest BCUT2D eigenvalue weighted by Gasteiger charge is 2.25. The average Bonchev–Trinajstić information content (AvgIpc) is 2.84. The summed E-state index contributed by atoms with van der Waals surface area (Å²) in [5.74, 6) is -0.275. The Morgan fingerprint density at radius 3 is 2.75 bits per heavy atom. The van der Waals surface area contributed by atoms with Crippen molar-refractivity contribution in [2.24, 2.45) is 0 Å². The molecule has 0 bridgehead atoms. The van der Waals surface area contributed by atoms with Gasteiger partial charge in [0.15, 0.2) is 6.04 Å². The Balaban J connectivity index is 2.31. The molecule has 0 saturated carbocycles. The van der Waals surface area contributed by atoms with Gasteiger partial charge in [-0.25, -0.2) is 9.78 Å². The van der Waals surface area contributed by atoms with Crippen LogP contribution in [0.2, 0.25) is 0 Å². The fraction of sp³-hybridized carbons (Fsp3) is 0.333. The van der Waals surface area contributed by atoms with E-state index < -0.39 is 6.04 Å². The molecule has 0 amide bonds. The lowest BCUT2D eigenvalue weighted by Gasteiger charge is -2.19. The second kappa shape index (κ2) is 6.52. The summed E-state index contributed by atoms with van der Waals surface area (Å²) in [6.45, 7) is 6.08. The highest BCUT2D eigenvalue weighted by Crippen LogP contribution is 2.28. The summed E-state index contributed by atoms with van der Waals surface area (Å²) in [6, 6.07) is 7.36. The van der Waals surface area contributed by atoms with Crippen LogP contribution in [0.15, 0.2) is 29.8 Å². The van der Waals surface area contributed by atoms with Gasteiger partial charge in [0.1, 0.15) is 0 Å². The minimum absolute atomic E-state index is 0.275. The second-order valence-electron chi connectivity index (χ2n) is 4.45. The highest BCUT2D eigenvalue weighted by atomic mass is 32.1. The standard InChI is InChI=1S/C15H18N2O2S/c1-4-19-15(18)13(14-11(3)16-9-20-14)17-12-8-6-5-7-10(12)2/h5-9,13,17H,4H2,1-3H3. The van der Waals surface area contributed by atoms with Crippen molar-refractivity contribution < 1.29 is 9.53 Å². The van der Waals surface area contributed by atoms with E-state index in [0.29, 0.717) is 6.61 Å². The zero-order valence-electron chi connectivity index (χ0n) is 11.8. The molecule has 0 aliphatic heterocycles. The number of nitrogens with one attached hydrogen (secondary N) is 1. The summed E-state index contributed by atoms with van der Waals surface area (Å²) < 4.78 is 5.17. The molecule has 1 aromatic carbocycles. The van der Waals surface area contributed by atoms with Gasteiger partial charge in [0.2, 0.25) is 0 Å². The Bertz CT molecular complexity index is 595. The lowest BCUT2D eigenvalue weighted by molar-refractivity contribution is -0.144. The SMILES string of the molecule is CCOC(=O)C(Nc1ccccc1C)c1scnc1C. The number of esters is 1. The first-order chi connectivity index (χ1) is 9.63. The smallest absolute Gasteiger partial charge is 0.334 e. The van der Waals surface area contributed by atoms with E-state index in [1.807, 2.05) is 45.0 Å². The molecule has 1 heterocycles. The molecule has 4 nitrogen and oxygen atoms in total. The topological polar surface area (TPSA) is 51.2 Å². The van der Waals surface area contributed by atoms with Gasteiger partial charge in [0.05, 0.1) is 22.7 Å². The van der Waals surface area contributed by atoms with Gasteiger partial charge in [-0.1, -0.05) is 18.2 Å². The van der Waals surface area contributed by atoms with Crippen molar-refractivity contribution in [3.8, 4) is 0 Å². The summed E-state index contributed by atoms with van der Waals surface area (Å²) in [5, 5.41) is 3.27. The van der Waals surface area contributed by atoms with E-state index in [-0.39, 0.29) is 5.97 Å². The number of ether oxygens (including phenoxy) is 1. The quantitative estimate of drug-likeness (QED) is 0.857. The Hall–Kier alpha value is -1.88. The second-order valence-corrected chi connectivity index (χ2v) is 5.33. The molecule has 0 aliphatic carbocycles. The van der Waals surface area contributed by atoms with Crippen molar-refractivity contribution in [2.75, 3.05) is 11.9 Å². The maximum absolute atomic E-state index is 12.2. The van der Waals surface area contributed by atoms with E-state index in [1.165, 1.54) is 11.3 Å². The van der Waals surface area contributed by atoms with Crippen LogP contribution in [0, 0.1) is 13.8 Å². The van der Waals surface area contributed by atoms with Gasteiger partial charge in [-0.3, -0.25) is 0 Å². The molecule has 0 spiro atoms. The number of thiazole rings is 1. The van der Waals surface area contributed by atoms with Crippen LogP contribution in [0.4, 0.5) is 5.69 Å². The number of benzene rings is 1. The first kappa shape index (κ1) is 14.5. The maximum atomic E-state index is 12.2. The molecule has 0 saturated heterocycles. The molecular formula is C15H18N2O2S. The molecule has 2 rings (SSSR count). The number of para-hydroxylation sites is 1. The van der Waals surface area contributed by atoms with Gasteiger partial charge in [-0.05, 0) is 32.4 Å². The van der Waals surface area contributed by atoms with Gasteiger partial charge in [-0.15, -0.1) is 11.3 Å². The zero-order valence-corrected chi connectivity index (χ0v) is 12.7. The van der Waals surface area contributed by atoms with E-state index in [4.69, 9.17) is 4.74 Å². The van der Waals surface area contributed by atoms with Crippen LogP contribution in [0.3, 0.4) is 0 Å². The normalized spacial score (nSPS) is 11.9. The molecule has 1 atom stereocenters. The van der Waals surface area contributed by atoms with Crippen molar-refractivity contribution in [1.82, 2.24) is 4.98 Å². The number of aryl methyl sites for hydroxylation is 2. The third kappa shape index (κ3) is 3.17. The average molecular weight is 290 g/mol. The van der Waals surface area contributed by atoms with Gasteiger partial charge in [-0.2, -0.15) is 0 Å². The van der Waals surface area contributed by atoms with Crippen molar-refractivity contribution in [3.05, 3.63) is 45.9 Å². The zero-order chi connectivity index (χ0) is 14.5. The number of nitrogens with zero attached hydrogens (tertiary/aromatic N) is 1. The van der Waals surface area contributed by atoms with Crippen LogP contribution in [-0.4, -0.2) is 17.6 Å². The van der Waals surface area contributed by atoms with E-state index >= 15 is 0 Å². The van der Waals surface area contributed by atoms with Gasteiger partial charge < -0.3 is 10.1 Å². The first-order valence-electron chi connectivity index (χ1n) is 6.52. The number of carbonyl (C=O) groups excluding carboxylic acids is 1. The molecular weight excluding hydrogens is 272 g/mol. The molecule has 1 N–H and O–H groups in total. The van der Waals surface area contributed by atoms with Crippen LogP contribution in [0.5, 0.6) is 0 Å².